The van der Waals surface area contributed by atoms with E-state index in [4.69, 9.17) is 13.7 Å². The molecule has 190 valence electrons. The van der Waals surface area contributed by atoms with E-state index in [1.807, 2.05) is 6.07 Å². The molecule has 1 N–H and O–H groups in total. The number of benzene rings is 3. The third kappa shape index (κ3) is 6.62. The Bertz CT molecular complexity index is 1490. The lowest BCUT2D eigenvalue weighted by atomic mass is 10.1. The van der Waals surface area contributed by atoms with Crippen molar-refractivity contribution in [2.75, 3.05) is 19.0 Å². The van der Waals surface area contributed by atoms with Crippen LogP contribution in [-0.4, -0.2) is 33.0 Å². The molecule has 0 saturated heterocycles. The van der Waals surface area contributed by atoms with Gasteiger partial charge in [0.05, 0.1) is 18.6 Å². The predicted octanol–water partition coefficient (Wildman–Crippen LogP) is 4.32. The number of para-hydroxylation sites is 1. The van der Waals surface area contributed by atoms with Crippen molar-refractivity contribution in [3.8, 4) is 23.3 Å². The Labute approximate surface area is 212 Å². The minimum atomic E-state index is -4.59. The van der Waals surface area contributed by atoms with E-state index in [1.165, 1.54) is 43.5 Å². The second-order valence-electron chi connectivity index (χ2n) is 7.25. The number of nitro benzene ring substituents is 1. The van der Waals surface area contributed by atoms with E-state index < -0.39 is 31.5 Å². The fourth-order valence-corrected chi connectivity index (χ4v) is 4.23. The lowest BCUT2D eigenvalue weighted by Gasteiger charge is -2.13. The predicted molar refractivity (Wildman–Crippen MR) is 134 cm³/mol. The van der Waals surface area contributed by atoms with Gasteiger partial charge in [0.2, 0.25) is 0 Å². The largest absolute Gasteiger partial charge is 0.497 e. The molecule has 3 aromatic rings. The number of nitro groups is 1. The molecule has 11 nitrogen and oxygen atoms in total. The van der Waals surface area contributed by atoms with Crippen LogP contribution in [-0.2, 0) is 14.9 Å². The summed E-state index contributed by atoms with van der Waals surface area (Å²) in [6, 6.07) is 17.2. The number of amides is 1. The number of carbonyl (C=O) groups is 1. The Hall–Kier alpha value is -4.89. The number of rotatable bonds is 10. The minimum absolute atomic E-state index is 0.00809. The standard InChI is InChI=1S/C25H21N3O8S/c1-3-35-23-15-17(14-18(16-26)25(29)27-19-9-11-20(34-2)12-10-19)8-13-22(23)36-37(32,33)24-7-5-4-6-21(24)28(30)31/h4-15H,3H2,1-2H3,(H,27,29)/b18-14+. The van der Waals surface area contributed by atoms with E-state index in [9.17, 15) is 28.6 Å². The summed E-state index contributed by atoms with van der Waals surface area (Å²) in [6.45, 7) is 1.80. The van der Waals surface area contributed by atoms with Crippen LogP contribution in [0, 0.1) is 21.4 Å². The third-order valence-electron chi connectivity index (χ3n) is 4.82. The van der Waals surface area contributed by atoms with E-state index in [0.717, 1.165) is 12.1 Å². The number of carbonyl (C=O) groups excluding carboxylic acids is 1. The Morgan fingerprint density at radius 3 is 2.43 bits per heavy atom. The Morgan fingerprint density at radius 1 is 1.11 bits per heavy atom. The lowest BCUT2D eigenvalue weighted by molar-refractivity contribution is -0.387. The molecule has 0 unspecified atom stereocenters. The summed E-state index contributed by atoms with van der Waals surface area (Å²) in [4.78, 5) is 22.4. The van der Waals surface area contributed by atoms with Crippen molar-refractivity contribution >= 4 is 33.5 Å². The first-order chi connectivity index (χ1) is 17.7. The van der Waals surface area contributed by atoms with Crippen molar-refractivity contribution in [1.82, 2.24) is 0 Å². The molecular formula is C25H21N3O8S. The molecular weight excluding hydrogens is 502 g/mol. The molecule has 0 radical (unpaired) electrons. The number of nitrogens with zero attached hydrogens (tertiary/aromatic N) is 2. The average molecular weight is 524 g/mol. The highest BCUT2D eigenvalue weighted by atomic mass is 32.2. The first-order valence-corrected chi connectivity index (χ1v) is 12.1. The van der Waals surface area contributed by atoms with Crippen molar-refractivity contribution in [1.29, 1.82) is 5.26 Å². The first-order valence-electron chi connectivity index (χ1n) is 10.7. The maximum atomic E-state index is 12.8. The molecule has 0 aliphatic rings. The Balaban J connectivity index is 1.89. The quantitative estimate of drug-likeness (QED) is 0.134. The van der Waals surface area contributed by atoms with E-state index in [1.54, 1.807) is 31.2 Å². The van der Waals surface area contributed by atoms with Gasteiger partial charge in [-0.05, 0) is 61.0 Å². The summed E-state index contributed by atoms with van der Waals surface area (Å²) in [5, 5.41) is 23.4. The summed E-state index contributed by atoms with van der Waals surface area (Å²) in [5.74, 6) is -0.293. The van der Waals surface area contributed by atoms with Crippen LogP contribution in [0.15, 0.2) is 77.2 Å². The number of hydrogen-bond donors (Lipinski definition) is 1. The van der Waals surface area contributed by atoms with Crippen molar-refractivity contribution < 1.29 is 31.8 Å². The van der Waals surface area contributed by atoms with Crippen LogP contribution in [0.5, 0.6) is 17.2 Å². The molecule has 0 saturated carbocycles. The van der Waals surface area contributed by atoms with Crippen LogP contribution in [0.2, 0.25) is 0 Å². The normalized spacial score (nSPS) is 11.2. The Morgan fingerprint density at radius 2 is 1.81 bits per heavy atom. The van der Waals surface area contributed by atoms with Crippen LogP contribution >= 0.6 is 0 Å². The topological polar surface area (TPSA) is 158 Å². The van der Waals surface area contributed by atoms with Crippen molar-refractivity contribution in [3.05, 3.63) is 88.0 Å². The molecule has 12 heteroatoms. The summed E-state index contributed by atoms with van der Waals surface area (Å²) in [7, 11) is -3.07. The lowest BCUT2D eigenvalue weighted by Crippen LogP contribution is -2.13. The van der Waals surface area contributed by atoms with Crippen LogP contribution in [0.25, 0.3) is 6.08 Å². The number of nitrogens with one attached hydrogen (secondary N) is 1. The highest BCUT2D eigenvalue weighted by Gasteiger charge is 2.28. The van der Waals surface area contributed by atoms with Gasteiger partial charge in [0, 0.05) is 11.8 Å². The number of ether oxygens (including phenoxy) is 2. The van der Waals surface area contributed by atoms with Crippen molar-refractivity contribution in [2.24, 2.45) is 0 Å². The zero-order valence-electron chi connectivity index (χ0n) is 19.7. The van der Waals surface area contributed by atoms with Gasteiger partial charge in [-0.2, -0.15) is 13.7 Å². The second kappa shape index (κ2) is 11.7. The fourth-order valence-electron chi connectivity index (χ4n) is 3.12. The molecule has 1 amide bonds. The van der Waals surface area contributed by atoms with Crippen LogP contribution in [0.3, 0.4) is 0 Å². The SMILES string of the molecule is CCOc1cc(/C=C(\C#N)C(=O)Nc2ccc(OC)cc2)ccc1OS(=O)(=O)c1ccccc1[N+](=O)[O-]. The summed E-state index contributed by atoms with van der Waals surface area (Å²) in [6.07, 6.45) is 1.29. The van der Waals surface area contributed by atoms with Gasteiger partial charge in [0.15, 0.2) is 16.4 Å². The maximum absolute atomic E-state index is 12.8. The Kier molecular flexibility index (Phi) is 8.44. The third-order valence-corrected chi connectivity index (χ3v) is 6.11. The molecule has 0 heterocycles. The van der Waals surface area contributed by atoms with Crippen molar-refractivity contribution in [2.45, 2.75) is 11.8 Å². The monoisotopic (exact) mass is 523 g/mol. The van der Waals surface area contributed by atoms with Crippen LogP contribution in [0.1, 0.15) is 12.5 Å². The van der Waals surface area contributed by atoms with Gasteiger partial charge in [-0.1, -0.05) is 18.2 Å². The molecule has 37 heavy (non-hydrogen) atoms. The molecule has 0 fully saturated rings. The molecule has 0 spiro atoms. The molecule has 3 aromatic carbocycles. The van der Waals surface area contributed by atoms with Gasteiger partial charge in [0.1, 0.15) is 17.4 Å². The summed E-state index contributed by atoms with van der Waals surface area (Å²) < 4.78 is 41.3. The highest BCUT2D eigenvalue weighted by molar-refractivity contribution is 7.87. The average Bonchev–Trinajstić information content (AvgIpc) is 2.89. The number of anilines is 1. The summed E-state index contributed by atoms with van der Waals surface area (Å²) in [5.41, 5.74) is -0.0627. The fraction of sp³-hybridized carbons (Fsp3) is 0.120. The van der Waals surface area contributed by atoms with Gasteiger partial charge in [0.25, 0.3) is 11.6 Å². The first kappa shape index (κ1) is 26.7. The van der Waals surface area contributed by atoms with Gasteiger partial charge >= 0.3 is 10.1 Å². The van der Waals surface area contributed by atoms with Gasteiger partial charge in [-0.15, -0.1) is 0 Å². The smallest absolute Gasteiger partial charge is 0.346 e. The van der Waals surface area contributed by atoms with E-state index >= 15 is 0 Å². The number of hydrogen-bond acceptors (Lipinski definition) is 9. The maximum Gasteiger partial charge on any atom is 0.346 e. The molecule has 0 atom stereocenters. The van der Waals surface area contributed by atoms with Gasteiger partial charge in [-0.25, -0.2) is 0 Å². The number of methoxy groups -OCH3 is 1. The molecule has 0 bridgehead atoms. The molecule has 0 aliphatic carbocycles. The minimum Gasteiger partial charge on any atom is -0.497 e. The van der Waals surface area contributed by atoms with Gasteiger partial charge in [-0.3, -0.25) is 14.9 Å². The summed E-state index contributed by atoms with van der Waals surface area (Å²) >= 11 is 0. The van der Waals surface area contributed by atoms with Crippen molar-refractivity contribution in [3.63, 3.8) is 0 Å². The van der Waals surface area contributed by atoms with E-state index in [2.05, 4.69) is 5.32 Å². The highest BCUT2D eigenvalue weighted by Crippen LogP contribution is 2.34. The van der Waals surface area contributed by atoms with E-state index in [-0.39, 0.29) is 23.7 Å². The second-order valence-corrected chi connectivity index (χ2v) is 8.77. The zero-order chi connectivity index (χ0) is 27.0. The zero-order valence-corrected chi connectivity index (χ0v) is 20.5. The van der Waals surface area contributed by atoms with E-state index in [0.29, 0.717) is 17.0 Å². The molecule has 0 aliphatic heterocycles. The number of nitriles is 1. The molecule has 0 aromatic heterocycles. The van der Waals surface area contributed by atoms with Crippen LogP contribution < -0.4 is 19.0 Å². The van der Waals surface area contributed by atoms with Gasteiger partial charge < -0.3 is 19.0 Å². The van der Waals surface area contributed by atoms with Crippen LogP contribution in [0.4, 0.5) is 11.4 Å². The molecule has 3 rings (SSSR count).